The molecule has 1 aliphatic rings. The summed E-state index contributed by atoms with van der Waals surface area (Å²) in [5, 5.41) is 9.86. The summed E-state index contributed by atoms with van der Waals surface area (Å²) in [6.45, 7) is 7.50. The van der Waals surface area contributed by atoms with E-state index in [1.807, 2.05) is 13.8 Å². The molecule has 1 aromatic rings. The SMILES string of the molecule is COc1cc(N2CCN(CC(C)(C)O)CC2)c(N)cc1F. The van der Waals surface area contributed by atoms with Crippen LogP contribution in [0.4, 0.5) is 15.8 Å². The third kappa shape index (κ3) is 3.98. The van der Waals surface area contributed by atoms with Gasteiger partial charge in [0.1, 0.15) is 0 Å². The fourth-order valence-electron chi connectivity index (χ4n) is 2.68. The van der Waals surface area contributed by atoms with Gasteiger partial charge in [-0.3, -0.25) is 4.90 Å². The first-order chi connectivity index (χ1) is 9.80. The molecule has 118 valence electrons. The molecule has 1 saturated heterocycles. The molecule has 6 heteroatoms. The van der Waals surface area contributed by atoms with Crippen molar-refractivity contribution in [2.24, 2.45) is 0 Å². The Hall–Kier alpha value is -1.53. The summed E-state index contributed by atoms with van der Waals surface area (Å²) in [5.41, 5.74) is 6.45. The molecular formula is C15H24FN3O2. The van der Waals surface area contributed by atoms with E-state index in [2.05, 4.69) is 9.80 Å². The maximum Gasteiger partial charge on any atom is 0.167 e. The minimum absolute atomic E-state index is 0.207. The maximum atomic E-state index is 13.6. The van der Waals surface area contributed by atoms with Gasteiger partial charge in [-0.05, 0) is 13.8 Å². The van der Waals surface area contributed by atoms with Gasteiger partial charge in [-0.1, -0.05) is 0 Å². The summed E-state index contributed by atoms with van der Waals surface area (Å²) < 4.78 is 18.6. The Labute approximate surface area is 125 Å². The van der Waals surface area contributed by atoms with Crippen LogP contribution in [0.2, 0.25) is 0 Å². The number of aliphatic hydroxyl groups is 1. The number of piperazine rings is 1. The molecule has 21 heavy (non-hydrogen) atoms. The van der Waals surface area contributed by atoms with Crippen LogP contribution in [-0.4, -0.2) is 55.4 Å². The Bertz CT molecular complexity index is 494. The summed E-state index contributed by atoms with van der Waals surface area (Å²) in [4.78, 5) is 4.34. The van der Waals surface area contributed by atoms with Crippen LogP contribution in [-0.2, 0) is 0 Å². The number of nitrogen functional groups attached to an aromatic ring is 1. The van der Waals surface area contributed by atoms with Crippen molar-refractivity contribution < 1.29 is 14.2 Å². The van der Waals surface area contributed by atoms with Crippen molar-refractivity contribution in [1.29, 1.82) is 0 Å². The number of β-amino-alcohol motifs (C(OH)–C–C–N with tert-alkyl or cyclic N) is 1. The van der Waals surface area contributed by atoms with Crippen molar-refractivity contribution >= 4 is 11.4 Å². The second kappa shape index (κ2) is 6.07. The number of methoxy groups -OCH3 is 1. The van der Waals surface area contributed by atoms with E-state index >= 15 is 0 Å². The number of rotatable bonds is 4. The van der Waals surface area contributed by atoms with Crippen molar-refractivity contribution in [3.05, 3.63) is 17.9 Å². The Morgan fingerprint density at radius 2 is 1.90 bits per heavy atom. The van der Waals surface area contributed by atoms with Gasteiger partial charge in [0.2, 0.25) is 0 Å². The van der Waals surface area contributed by atoms with E-state index in [1.165, 1.54) is 13.2 Å². The maximum absolute atomic E-state index is 13.6. The van der Waals surface area contributed by atoms with E-state index in [9.17, 15) is 9.50 Å². The molecule has 1 fully saturated rings. The predicted molar refractivity (Wildman–Crippen MR) is 82.3 cm³/mol. The fraction of sp³-hybridized carbons (Fsp3) is 0.600. The van der Waals surface area contributed by atoms with Crippen molar-refractivity contribution in [3.8, 4) is 5.75 Å². The molecule has 3 N–H and O–H groups in total. The van der Waals surface area contributed by atoms with Crippen LogP contribution in [0.3, 0.4) is 0 Å². The number of hydrogen-bond donors (Lipinski definition) is 2. The summed E-state index contributed by atoms with van der Waals surface area (Å²) >= 11 is 0. The first kappa shape index (κ1) is 15.9. The molecule has 0 aromatic heterocycles. The molecule has 0 unspecified atom stereocenters. The van der Waals surface area contributed by atoms with E-state index in [0.29, 0.717) is 12.2 Å². The van der Waals surface area contributed by atoms with Gasteiger partial charge >= 0.3 is 0 Å². The molecular weight excluding hydrogens is 273 g/mol. The summed E-state index contributed by atoms with van der Waals surface area (Å²) in [7, 11) is 1.44. The monoisotopic (exact) mass is 297 g/mol. The average Bonchev–Trinajstić information content (AvgIpc) is 2.38. The number of ether oxygens (including phenoxy) is 1. The lowest BCUT2D eigenvalue weighted by Gasteiger charge is -2.38. The first-order valence-corrected chi connectivity index (χ1v) is 7.13. The van der Waals surface area contributed by atoms with Gasteiger partial charge in [-0.2, -0.15) is 0 Å². The first-order valence-electron chi connectivity index (χ1n) is 7.13. The molecule has 1 aromatic carbocycles. The van der Waals surface area contributed by atoms with Gasteiger partial charge in [0.15, 0.2) is 11.6 Å². The van der Waals surface area contributed by atoms with E-state index < -0.39 is 11.4 Å². The minimum atomic E-state index is -0.694. The standard InChI is InChI=1S/C15H24FN3O2/c1-15(2,20)10-18-4-6-19(7-5-18)13-9-14(21-3)11(16)8-12(13)17/h8-9,20H,4-7,10,17H2,1-3H3. The van der Waals surface area contributed by atoms with Gasteiger partial charge in [0.05, 0.1) is 24.1 Å². The molecule has 1 aliphatic heterocycles. The number of hydrogen-bond acceptors (Lipinski definition) is 5. The normalized spacial score (nSPS) is 17.1. The molecule has 0 bridgehead atoms. The zero-order valence-electron chi connectivity index (χ0n) is 12.9. The second-order valence-electron chi connectivity index (χ2n) is 6.12. The minimum Gasteiger partial charge on any atom is -0.494 e. The molecule has 0 aliphatic carbocycles. The van der Waals surface area contributed by atoms with E-state index in [4.69, 9.17) is 10.5 Å². The van der Waals surface area contributed by atoms with Crippen molar-refractivity contribution in [1.82, 2.24) is 4.90 Å². The second-order valence-corrected chi connectivity index (χ2v) is 6.12. The fourth-order valence-corrected chi connectivity index (χ4v) is 2.68. The summed E-state index contributed by atoms with van der Waals surface area (Å²) in [6, 6.07) is 2.95. The zero-order valence-corrected chi connectivity index (χ0v) is 12.9. The molecule has 0 saturated carbocycles. The van der Waals surface area contributed by atoms with Crippen LogP contribution >= 0.6 is 0 Å². The van der Waals surface area contributed by atoms with E-state index in [0.717, 1.165) is 31.9 Å². The smallest absolute Gasteiger partial charge is 0.167 e. The van der Waals surface area contributed by atoms with E-state index in [1.54, 1.807) is 6.07 Å². The lowest BCUT2D eigenvalue weighted by molar-refractivity contribution is 0.0345. The van der Waals surface area contributed by atoms with Crippen LogP contribution in [0.1, 0.15) is 13.8 Å². The average molecular weight is 297 g/mol. The Morgan fingerprint density at radius 1 is 1.29 bits per heavy atom. The van der Waals surface area contributed by atoms with Crippen LogP contribution in [0.25, 0.3) is 0 Å². The van der Waals surface area contributed by atoms with Gasteiger partial charge in [0.25, 0.3) is 0 Å². The highest BCUT2D eigenvalue weighted by Gasteiger charge is 2.24. The molecule has 2 rings (SSSR count). The highest BCUT2D eigenvalue weighted by atomic mass is 19.1. The highest BCUT2D eigenvalue weighted by Crippen LogP contribution is 2.31. The quantitative estimate of drug-likeness (QED) is 0.821. The highest BCUT2D eigenvalue weighted by molar-refractivity contribution is 5.70. The number of anilines is 2. The van der Waals surface area contributed by atoms with Gasteiger partial charge in [-0.15, -0.1) is 0 Å². The molecule has 0 amide bonds. The number of halogens is 1. The van der Waals surface area contributed by atoms with Crippen LogP contribution in [0.5, 0.6) is 5.75 Å². The zero-order chi connectivity index (χ0) is 15.6. The third-order valence-corrected chi connectivity index (χ3v) is 3.62. The third-order valence-electron chi connectivity index (χ3n) is 3.62. The Balaban J connectivity index is 2.05. The Morgan fingerprint density at radius 3 is 2.43 bits per heavy atom. The topological polar surface area (TPSA) is 62.0 Å². The number of benzene rings is 1. The van der Waals surface area contributed by atoms with Crippen LogP contribution in [0.15, 0.2) is 12.1 Å². The number of nitrogens with two attached hydrogens (primary N) is 1. The summed E-state index contributed by atoms with van der Waals surface area (Å²) in [5.74, 6) is -0.238. The van der Waals surface area contributed by atoms with Crippen LogP contribution in [0, 0.1) is 5.82 Å². The summed E-state index contributed by atoms with van der Waals surface area (Å²) in [6.07, 6.45) is 0. The molecule has 0 spiro atoms. The molecule has 1 heterocycles. The number of nitrogens with zero attached hydrogens (tertiary/aromatic N) is 2. The Kier molecular flexibility index (Phi) is 4.58. The van der Waals surface area contributed by atoms with Crippen LogP contribution < -0.4 is 15.4 Å². The van der Waals surface area contributed by atoms with Gasteiger partial charge in [-0.25, -0.2) is 4.39 Å². The predicted octanol–water partition coefficient (Wildman–Crippen LogP) is 1.31. The molecule has 5 nitrogen and oxygen atoms in total. The largest absolute Gasteiger partial charge is 0.494 e. The lowest BCUT2D eigenvalue weighted by Crippen LogP contribution is -2.50. The van der Waals surface area contributed by atoms with Crippen molar-refractivity contribution in [2.75, 3.05) is 50.5 Å². The van der Waals surface area contributed by atoms with Gasteiger partial charge in [0, 0.05) is 44.9 Å². The van der Waals surface area contributed by atoms with E-state index in [-0.39, 0.29) is 5.75 Å². The van der Waals surface area contributed by atoms with Gasteiger partial charge < -0.3 is 20.5 Å². The van der Waals surface area contributed by atoms with Crippen molar-refractivity contribution in [3.63, 3.8) is 0 Å². The molecule has 0 radical (unpaired) electrons. The lowest BCUT2D eigenvalue weighted by atomic mass is 10.1. The molecule has 0 atom stereocenters. The van der Waals surface area contributed by atoms with Crippen molar-refractivity contribution in [2.45, 2.75) is 19.4 Å².